The molecule has 28 heavy (non-hydrogen) atoms. The molecule has 0 radical (unpaired) electrons. The van der Waals surface area contributed by atoms with Crippen LogP contribution in [0.15, 0.2) is 30.3 Å². The standard InChI is InChI=1S/C24H37NO3/c1-2-17-25-24(27)21(18-20-13-9-8-10-14-20)19-23(26)28-22-15-11-6-4-3-5-7-12-16-22/h8-10,13-14,21-22H,2-7,11-12,15-19H2,1H3,(H,25,27)/t21-/m1/s1. The summed E-state index contributed by atoms with van der Waals surface area (Å²) in [7, 11) is 0. The van der Waals surface area contributed by atoms with Crippen molar-refractivity contribution in [3.8, 4) is 0 Å². The van der Waals surface area contributed by atoms with Gasteiger partial charge in [0.1, 0.15) is 6.10 Å². The van der Waals surface area contributed by atoms with E-state index < -0.39 is 0 Å². The summed E-state index contributed by atoms with van der Waals surface area (Å²) in [4.78, 5) is 25.2. The molecule has 0 unspecified atom stereocenters. The zero-order chi connectivity index (χ0) is 20.0. The van der Waals surface area contributed by atoms with Gasteiger partial charge >= 0.3 is 5.97 Å². The normalized spacial score (nSPS) is 17.5. The van der Waals surface area contributed by atoms with E-state index in [9.17, 15) is 9.59 Å². The Kier molecular flexibility index (Phi) is 10.7. The van der Waals surface area contributed by atoms with Crippen molar-refractivity contribution in [1.82, 2.24) is 5.32 Å². The summed E-state index contributed by atoms with van der Waals surface area (Å²) in [5, 5.41) is 2.95. The molecule has 1 aliphatic rings. The van der Waals surface area contributed by atoms with Gasteiger partial charge in [0.15, 0.2) is 0 Å². The third-order valence-electron chi connectivity index (χ3n) is 5.51. The van der Waals surface area contributed by atoms with Gasteiger partial charge in [0.05, 0.1) is 12.3 Å². The summed E-state index contributed by atoms with van der Waals surface area (Å²) in [6.07, 6.45) is 12.1. The molecule has 0 saturated heterocycles. The predicted octanol–water partition coefficient (Wildman–Crippen LogP) is 5.20. The van der Waals surface area contributed by atoms with Crippen LogP contribution < -0.4 is 5.32 Å². The lowest BCUT2D eigenvalue weighted by atomic mass is 9.95. The summed E-state index contributed by atoms with van der Waals surface area (Å²) in [5.41, 5.74) is 1.07. The smallest absolute Gasteiger partial charge is 0.306 e. The SMILES string of the molecule is CCCNC(=O)[C@@H](CC(=O)OC1CCCCCCCCC1)Cc1ccccc1. The molecule has 0 aliphatic heterocycles. The van der Waals surface area contributed by atoms with Gasteiger partial charge in [-0.25, -0.2) is 0 Å². The zero-order valence-electron chi connectivity index (χ0n) is 17.5. The highest BCUT2D eigenvalue weighted by Gasteiger charge is 2.24. The summed E-state index contributed by atoms with van der Waals surface area (Å²) in [5.74, 6) is -0.649. The van der Waals surface area contributed by atoms with Gasteiger partial charge in [0.25, 0.3) is 0 Å². The van der Waals surface area contributed by atoms with E-state index >= 15 is 0 Å². The minimum absolute atomic E-state index is 0.0154. The van der Waals surface area contributed by atoms with E-state index in [1.54, 1.807) is 0 Å². The van der Waals surface area contributed by atoms with Gasteiger partial charge in [-0.2, -0.15) is 0 Å². The molecule has 1 atom stereocenters. The van der Waals surface area contributed by atoms with Gasteiger partial charge in [-0.1, -0.05) is 69.4 Å². The van der Waals surface area contributed by atoms with Gasteiger partial charge in [0, 0.05) is 6.54 Å². The number of hydrogen-bond acceptors (Lipinski definition) is 3. The van der Waals surface area contributed by atoms with Crippen molar-refractivity contribution in [2.45, 2.75) is 90.1 Å². The van der Waals surface area contributed by atoms with Gasteiger partial charge in [-0.05, 0) is 44.1 Å². The van der Waals surface area contributed by atoms with Crippen molar-refractivity contribution in [3.63, 3.8) is 0 Å². The van der Waals surface area contributed by atoms with Crippen LogP contribution in [0.25, 0.3) is 0 Å². The maximum Gasteiger partial charge on any atom is 0.306 e. The summed E-state index contributed by atoms with van der Waals surface area (Å²) in [6.45, 7) is 2.67. The van der Waals surface area contributed by atoms with E-state index in [2.05, 4.69) is 5.32 Å². The first kappa shape index (κ1) is 22.4. The van der Waals surface area contributed by atoms with Crippen LogP contribution in [-0.4, -0.2) is 24.5 Å². The summed E-state index contributed by atoms with van der Waals surface area (Å²) in [6, 6.07) is 9.91. The Morgan fingerprint density at radius 1 is 1.00 bits per heavy atom. The number of carbonyl (C=O) groups excluding carboxylic acids is 2. The number of carbonyl (C=O) groups is 2. The van der Waals surface area contributed by atoms with E-state index in [4.69, 9.17) is 4.74 Å². The predicted molar refractivity (Wildman–Crippen MR) is 113 cm³/mol. The first-order chi connectivity index (χ1) is 13.7. The molecule has 156 valence electrons. The first-order valence-electron chi connectivity index (χ1n) is 11.2. The second-order valence-corrected chi connectivity index (χ2v) is 8.05. The van der Waals surface area contributed by atoms with Crippen LogP contribution in [-0.2, 0) is 20.7 Å². The number of benzene rings is 1. The number of nitrogens with one attached hydrogen (secondary N) is 1. The minimum atomic E-state index is -0.374. The van der Waals surface area contributed by atoms with Crippen LogP contribution >= 0.6 is 0 Å². The Labute approximate surface area is 170 Å². The Balaban J connectivity index is 1.92. The van der Waals surface area contributed by atoms with Crippen LogP contribution in [0.3, 0.4) is 0 Å². The molecule has 1 saturated carbocycles. The molecule has 1 aromatic carbocycles. The van der Waals surface area contributed by atoms with E-state index in [1.807, 2.05) is 37.3 Å². The lowest BCUT2D eigenvalue weighted by Crippen LogP contribution is -2.34. The molecule has 1 aliphatic carbocycles. The molecule has 1 aromatic rings. The Hall–Kier alpha value is -1.84. The molecule has 0 aromatic heterocycles. The van der Waals surface area contributed by atoms with Crippen LogP contribution in [0.5, 0.6) is 0 Å². The van der Waals surface area contributed by atoms with Crippen LogP contribution in [0.4, 0.5) is 0 Å². The molecule has 4 nitrogen and oxygen atoms in total. The van der Waals surface area contributed by atoms with E-state index in [0.717, 1.165) is 37.7 Å². The Bertz CT molecular complexity index is 562. The summed E-state index contributed by atoms with van der Waals surface area (Å²) >= 11 is 0. The van der Waals surface area contributed by atoms with Crippen molar-refractivity contribution in [2.24, 2.45) is 5.92 Å². The molecule has 0 spiro atoms. The fraction of sp³-hybridized carbons (Fsp3) is 0.667. The lowest BCUT2D eigenvalue weighted by Gasteiger charge is -2.21. The molecule has 1 fully saturated rings. The van der Waals surface area contributed by atoms with Gasteiger partial charge in [-0.3, -0.25) is 9.59 Å². The highest BCUT2D eigenvalue weighted by molar-refractivity contribution is 5.84. The van der Waals surface area contributed by atoms with Gasteiger partial charge < -0.3 is 10.1 Å². The molecule has 0 heterocycles. The van der Waals surface area contributed by atoms with Crippen molar-refractivity contribution in [2.75, 3.05) is 6.54 Å². The van der Waals surface area contributed by atoms with E-state index in [-0.39, 0.29) is 30.3 Å². The quantitative estimate of drug-likeness (QED) is 0.624. The van der Waals surface area contributed by atoms with Crippen LogP contribution in [0, 0.1) is 5.92 Å². The van der Waals surface area contributed by atoms with Crippen molar-refractivity contribution >= 4 is 11.9 Å². The number of hydrogen-bond donors (Lipinski definition) is 1. The highest BCUT2D eigenvalue weighted by atomic mass is 16.5. The average Bonchev–Trinajstić information content (AvgIpc) is 2.71. The van der Waals surface area contributed by atoms with Crippen LogP contribution in [0.2, 0.25) is 0 Å². The number of esters is 1. The molecule has 0 bridgehead atoms. The largest absolute Gasteiger partial charge is 0.462 e. The second kappa shape index (κ2) is 13.4. The molecular weight excluding hydrogens is 350 g/mol. The third-order valence-corrected chi connectivity index (χ3v) is 5.51. The Morgan fingerprint density at radius 3 is 2.21 bits per heavy atom. The first-order valence-corrected chi connectivity index (χ1v) is 11.2. The lowest BCUT2D eigenvalue weighted by molar-refractivity contribution is -0.152. The monoisotopic (exact) mass is 387 g/mol. The molecule has 2 rings (SSSR count). The molecular formula is C24H37NO3. The highest BCUT2D eigenvalue weighted by Crippen LogP contribution is 2.21. The second-order valence-electron chi connectivity index (χ2n) is 8.05. The van der Waals surface area contributed by atoms with Gasteiger partial charge in [-0.15, -0.1) is 0 Å². The van der Waals surface area contributed by atoms with Crippen LogP contribution in [0.1, 0.15) is 83.1 Å². The zero-order valence-corrected chi connectivity index (χ0v) is 17.5. The van der Waals surface area contributed by atoms with E-state index in [1.165, 1.54) is 32.1 Å². The third kappa shape index (κ3) is 8.90. The molecule has 1 N–H and O–H groups in total. The van der Waals surface area contributed by atoms with E-state index in [0.29, 0.717) is 13.0 Å². The summed E-state index contributed by atoms with van der Waals surface area (Å²) < 4.78 is 5.83. The fourth-order valence-electron chi connectivity index (χ4n) is 3.87. The number of ether oxygens (including phenoxy) is 1. The number of amides is 1. The maximum absolute atomic E-state index is 12.6. The van der Waals surface area contributed by atoms with Gasteiger partial charge in [0.2, 0.25) is 5.91 Å². The molecule has 1 amide bonds. The molecule has 4 heteroatoms. The average molecular weight is 388 g/mol. The minimum Gasteiger partial charge on any atom is -0.462 e. The number of rotatable bonds is 8. The Morgan fingerprint density at radius 2 is 1.61 bits per heavy atom. The fourth-order valence-corrected chi connectivity index (χ4v) is 3.87. The maximum atomic E-state index is 12.6. The topological polar surface area (TPSA) is 55.4 Å². The van der Waals surface area contributed by atoms with Crippen molar-refractivity contribution < 1.29 is 14.3 Å². The van der Waals surface area contributed by atoms with Crippen molar-refractivity contribution in [1.29, 1.82) is 0 Å². The van der Waals surface area contributed by atoms with Crippen molar-refractivity contribution in [3.05, 3.63) is 35.9 Å².